The second kappa shape index (κ2) is 4.93. The number of aromatic nitrogens is 1. The van der Waals surface area contributed by atoms with Crippen LogP contribution in [-0.2, 0) is 0 Å². The Morgan fingerprint density at radius 1 is 1.44 bits per heavy atom. The zero-order valence-corrected chi connectivity index (χ0v) is 10.4. The van der Waals surface area contributed by atoms with Crippen molar-refractivity contribution in [3.8, 4) is 0 Å². The Morgan fingerprint density at radius 3 is 2.69 bits per heavy atom. The molecule has 1 saturated heterocycles. The Labute approximate surface area is 97.9 Å². The number of hydrogen-bond donors (Lipinski definition) is 1. The van der Waals surface area contributed by atoms with Crippen LogP contribution >= 0.6 is 0 Å². The predicted octanol–water partition coefficient (Wildman–Crippen LogP) is 1.82. The van der Waals surface area contributed by atoms with Crippen molar-refractivity contribution < 1.29 is 0 Å². The molecule has 2 rings (SSSR count). The van der Waals surface area contributed by atoms with E-state index in [9.17, 15) is 0 Å². The molecule has 88 valence electrons. The Kier molecular flexibility index (Phi) is 3.56. The summed E-state index contributed by atoms with van der Waals surface area (Å²) in [6, 6.07) is 5.89. The number of pyridine rings is 1. The van der Waals surface area contributed by atoms with E-state index >= 15 is 0 Å². The van der Waals surface area contributed by atoms with E-state index in [-0.39, 0.29) is 0 Å². The van der Waals surface area contributed by atoms with Crippen molar-refractivity contribution >= 4 is 0 Å². The van der Waals surface area contributed by atoms with Crippen LogP contribution in [0.1, 0.15) is 31.9 Å². The van der Waals surface area contributed by atoms with Gasteiger partial charge >= 0.3 is 0 Å². The van der Waals surface area contributed by atoms with Crippen LogP contribution in [0, 0.1) is 0 Å². The number of rotatable bonds is 3. The lowest BCUT2D eigenvalue weighted by Crippen LogP contribution is -2.33. The monoisotopic (exact) mass is 219 g/mol. The van der Waals surface area contributed by atoms with Crippen molar-refractivity contribution in [3.05, 3.63) is 30.1 Å². The van der Waals surface area contributed by atoms with Crippen LogP contribution in [0.25, 0.3) is 0 Å². The van der Waals surface area contributed by atoms with Crippen molar-refractivity contribution in [2.45, 2.75) is 38.4 Å². The van der Waals surface area contributed by atoms with Gasteiger partial charge in [-0.3, -0.25) is 4.98 Å². The zero-order chi connectivity index (χ0) is 11.5. The minimum atomic E-state index is 0.409. The maximum atomic E-state index is 4.05. The minimum Gasteiger partial charge on any atom is -0.306 e. The van der Waals surface area contributed by atoms with Gasteiger partial charge in [0.05, 0.1) is 0 Å². The summed E-state index contributed by atoms with van der Waals surface area (Å²) < 4.78 is 0. The number of likely N-dealkylation sites (N-methyl/N-ethyl adjacent to an activating group) is 1. The summed E-state index contributed by atoms with van der Waals surface area (Å²) in [4.78, 5) is 6.46. The molecule has 2 unspecified atom stereocenters. The molecule has 1 fully saturated rings. The first-order chi connectivity index (χ1) is 7.66. The number of hydrogen-bond acceptors (Lipinski definition) is 3. The van der Waals surface area contributed by atoms with Crippen molar-refractivity contribution in [1.82, 2.24) is 15.2 Å². The second-order valence-electron chi connectivity index (χ2n) is 4.89. The van der Waals surface area contributed by atoms with Gasteiger partial charge in [-0.1, -0.05) is 0 Å². The largest absolute Gasteiger partial charge is 0.306 e. The van der Waals surface area contributed by atoms with Gasteiger partial charge in [0.25, 0.3) is 0 Å². The quantitative estimate of drug-likeness (QED) is 0.840. The molecule has 3 atom stereocenters. The summed E-state index contributed by atoms with van der Waals surface area (Å²) in [5, 5.41) is 3.69. The SMILES string of the molecule is CC1CC(N[C@H](C)c2ccncc2)CN1C. The van der Waals surface area contributed by atoms with Crippen LogP contribution < -0.4 is 5.32 Å². The first-order valence-electron chi connectivity index (χ1n) is 6.03. The molecular weight excluding hydrogens is 198 g/mol. The molecule has 0 saturated carbocycles. The first-order valence-corrected chi connectivity index (χ1v) is 6.03. The molecule has 3 heteroatoms. The Bertz CT molecular complexity index is 315. The van der Waals surface area contributed by atoms with E-state index in [0.717, 1.165) is 6.54 Å². The van der Waals surface area contributed by atoms with Gasteiger partial charge in [-0.05, 0) is 45.0 Å². The highest BCUT2D eigenvalue weighted by Crippen LogP contribution is 2.19. The van der Waals surface area contributed by atoms with Crippen molar-refractivity contribution in [2.24, 2.45) is 0 Å². The number of likely N-dealkylation sites (tertiary alicyclic amines) is 1. The molecule has 2 heterocycles. The van der Waals surface area contributed by atoms with E-state index in [1.54, 1.807) is 0 Å². The highest BCUT2D eigenvalue weighted by atomic mass is 15.2. The van der Waals surface area contributed by atoms with Gasteiger partial charge < -0.3 is 10.2 Å². The van der Waals surface area contributed by atoms with Crippen LogP contribution in [0.15, 0.2) is 24.5 Å². The third-order valence-corrected chi connectivity index (χ3v) is 3.58. The van der Waals surface area contributed by atoms with Crippen LogP contribution in [0.2, 0.25) is 0 Å². The highest BCUT2D eigenvalue weighted by molar-refractivity contribution is 5.14. The molecule has 1 N–H and O–H groups in total. The molecule has 0 aromatic carbocycles. The average molecular weight is 219 g/mol. The average Bonchev–Trinajstić information content (AvgIpc) is 2.59. The predicted molar refractivity (Wildman–Crippen MR) is 66.3 cm³/mol. The van der Waals surface area contributed by atoms with E-state index in [1.165, 1.54) is 12.0 Å². The van der Waals surface area contributed by atoms with E-state index in [1.807, 2.05) is 12.4 Å². The van der Waals surface area contributed by atoms with Gasteiger partial charge in [-0.2, -0.15) is 0 Å². The fourth-order valence-electron chi connectivity index (χ4n) is 2.42. The number of nitrogens with zero attached hydrogens (tertiary/aromatic N) is 2. The Balaban J connectivity index is 1.91. The smallest absolute Gasteiger partial charge is 0.0296 e. The van der Waals surface area contributed by atoms with Gasteiger partial charge in [0.2, 0.25) is 0 Å². The molecular formula is C13H21N3. The Morgan fingerprint density at radius 2 is 2.12 bits per heavy atom. The maximum absolute atomic E-state index is 4.05. The summed E-state index contributed by atoms with van der Waals surface area (Å²) in [5.41, 5.74) is 1.32. The maximum Gasteiger partial charge on any atom is 0.0296 e. The van der Waals surface area contributed by atoms with E-state index < -0.39 is 0 Å². The van der Waals surface area contributed by atoms with Gasteiger partial charge in [0.15, 0.2) is 0 Å². The molecule has 0 radical (unpaired) electrons. The molecule has 16 heavy (non-hydrogen) atoms. The fourth-order valence-corrected chi connectivity index (χ4v) is 2.42. The Hall–Kier alpha value is -0.930. The molecule has 1 aromatic rings. The van der Waals surface area contributed by atoms with Gasteiger partial charge in [0, 0.05) is 37.1 Å². The van der Waals surface area contributed by atoms with Gasteiger partial charge in [0.1, 0.15) is 0 Å². The molecule has 0 aliphatic carbocycles. The normalized spacial score (nSPS) is 28.2. The van der Waals surface area contributed by atoms with Crippen LogP contribution in [0.3, 0.4) is 0 Å². The lowest BCUT2D eigenvalue weighted by Gasteiger charge is -2.19. The number of nitrogens with one attached hydrogen (secondary N) is 1. The van der Waals surface area contributed by atoms with Gasteiger partial charge in [-0.25, -0.2) is 0 Å². The second-order valence-corrected chi connectivity index (χ2v) is 4.89. The summed E-state index contributed by atoms with van der Waals surface area (Å²) in [5.74, 6) is 0. The lowest BCUT2D eigenvalue weighted by atomic mass is 10.1. The lowest BCUT2D eigenvalue weighted by molar-refractivity contribution is 0.325. The minimum absolute atomic E-state index is 0.409. The molecule has 3 nitrogen and oxygen atoms in total. The fraction of sp³-hybridized carbons (Fsp3) is 0.615. The van der Waals surface area contributed by atoms with Crippen molar-refractivity contribution in [2.75, 3.05) is 13.6 Å². The van der Waals surface area contributed by atoms with Crippen LogP contribution in [0.5, 0.6) is 0 Å². The first kappa shape index (κ1) is 11.6. The van der Waals surface area contributed by atoms with E-state index in [0.29, 0.717) is 18.1 Å². The topological polar surface area (TPSA) is 28.2 Å². The van der Waals surface area contributed by atoms with E-state index in [2.05, 4.69) is 48.2 Å². The summed E-state index contributed by atoms with van der Waals surface area (Å²) in [6.07, 6.45) is 4.96. The van der Waals surface area contributed by atoms with Crippen LogP contribution in [0.4, 0.5) is 0 Å². The van der Waals surface area contributed by atoms with Gasteiger partial charge in [-0.15, -0.1) is 0 Å². The molecule has 1 aromatic heterocycles. The molecule has 0 bridgehead atoms. The van der Waals surface area contributed by atoms with Crippen LogP contribution in [-0.4, -0.2) is 35.6 Å². The van der Waals surface area contributed by atoms with Crippen molar-refractivity contribution in [3.63, 3.8) is 0 Å². The summed E-state index contributed by atoms with van der Waals surface area (Å²) in [6.45, 7) is 5.66. The molecule has 0 amide bonds. The standard InChI is InChI=1S/C13H21N3/c1-10-8-13(9-16(10)3)15-11(2)12-4-6-14-7-5-12/h4-7,10-11,13,15H,8-9H2,1-3H3/t10?,11-,13?/m1/s1. The summed E-state index contributed by atoms with van der Waals surface area (Å²) >= 11 is 0. The zero-order valence-electron chi connectivity index (χ0n) is 10.4. The molecule has 1 aliphatic rings. The van der Waals surface area contributed by atoms with Crippen molar-refractivity contribution in [1.29, 1.82) is 0 Å². The highest BCUT2D eigenvalue weighted by Gasteiger charge is 2.26. The van der Waals surface area contributed by atoms with E-state index in [4.69, 9.17) is 0 Å². The molecule has 1 aliphatic heterocycles. The third-order valence-electron chi connectivity index (χ3n) is 3.58. The third kappa shape index (κ3) is 2.60. The summed E-state index contributed by atoms with van der Waals surface area (Å²) in [7, 11) is 2.20. The molecule has 0 spiro atoms.